The molecule has 0 aliphatic carbocycles. The molecule has 1 aliphatic heterocycles. The summed E-state index contributed by atoms with van der Waals surface area (Å²) >= 11 is 0. The zero-order chi connectivity index (χ0) is 23.8. The van der Waals surface area contributed by atoms with Gasteiger partial charge in [0.25, 0.3) is 0 Å². The summed E-state index contributed by atoms with van der Waals surface area (Å²) in [5.74, 6) is -1.46. The van der Waals surface area contributed by atoms with Gasteiger partial charge in [0.2, 0.25) is 11.2 Å². The Hall–Kier alpha value is -3.00. The first-order chi connectivity index (χ1) is 15.8. The number of phenolic OH excluding ortho intramolecular Hbond substituents is 1. The number of nitrogens with zero attached hydrogens (tertiary/aromatic N) is 1. The Morgan fingerprint density at radius 3 is 2.64 bits per heavy atom. The fourth-order valence-electron chi connectivity index (χ4n) is 4.69. The lowest BCUT2D eigenvalue weighted by atomic mass is 9.97. The highest BCUT2D eigenvalue weighted by molar-refractivity contribution is 5.87. The van der Waals surface area contributed by atoms with E-state index in [1.165, 1.54) is 37.4 Å². The van der Waals surface area contributed by atoms with Gasteiger partial charge in [0.05, 0.1) is 23.6 Å². The lowest BCUT2D eigenvalue weighted by molar-refractivity contribution is -0.152. The molecule has 8 heteroatoms. The van der Waals surface area contributed by atoms with Crippen LogP contribution in [0.25, 0.3) is 22.1 Å². The van der Waals surface area contributed by atoms with E-state index in [2.05, 4.69) is 11.8 Å². The second-order valence-electron chi connectivity index (χ2n) is 8.30. The van der Waals surface area contributed by atoms with Gasteiger partial charge in [-0.25, -0.2) is 0 Å². The number of piperidine rings is 1. The van der Waals surface area contributed by atoms with Crippen LogP contribution in [0.2, 0.25) is 0 Å². The molecule has 0 radical (unpaired) electrons. The van der Waals surface area contributed by atoms with Gasteiger partial charge in [-0.2, -0.15) is 13.2 Å². The third kappa shape index (κ3) is 4.31. The zero-order valence-corrected chi connectivity index (χ0v) is 18.5. The molecule has 1 N–H and O–H groups in total. The number of alkyl halides is 3. The molecule has 33 heavy (non-hydrogen) atoms. The third-order valence-corrected chi connectivity index (χ3v) is 6.35. The maximum atomic E-state index is 14.1. The Bertz CT molecular complexity index is 1220. The minimum Gasteiger partial charge on any atom is -0.507 e. The standard InChI is InChI=1S/C25H26F3NO4/c1-3-15-8-6-7-13-29(15)14-18-19(30)12-11-17-22(31)21(16-9-4-5-10-20(16)32-2)24(25(26,27)28)33-23(17)18/h4-5,9-12,15,30H,3,6-8,13-14H2,1-2H3/t15-/m1/s1. The van der Waals surface area contributed by atoms with Crippen molar-refractivity contribution in [3.8, 4) is 22.6 Å². The highest BCUT2D eigenvalue weighted by Gasteiger charge is 2.40. The second kappa shape index (κ2) is 9.09. The van der Waals surface area contributed by atoms with Crippen LogP contribution in [0.5, 0.6) is 11.5 Å². The summed E-state index contributed by atoms with van der Waals surface area (Å²) in [6.45, 7) is 3.03. The molecule has 2 heterocycles. The van der Waals surface area contributed by atoms with Crippen LogP contribution >= 0.6 is 0 Å². The molecule has 0 unspecified atom stereocenters. The SMILES string of the molecule is CC[C@@H]1CCCCN1Cc1c(O)ccc2c(=O)c(-c3ccccc3OC)c(C(F)(F)F)oc12. The fourth-order valence-corrected chi connectivity index (χ4v) is 4.69. The van der Waals surface area contributed by atoms with Crippen molar-refractivity contribution < 1.29 is 27.4 Å². The van der Waals surface area contributed by atoms with Gasteiger partial charge in [0, 0.05) is 18.2 Å². The minimum atomic E-state index is -4.93. The number of methoxy groups -OCH3 is 1. The van der Waals surface area contributed by atoms with Crippen LogP contribution in [-0.4, -0.2) is 29.7 Å². The van der Waals surface area contributed by atoms with E-state index in [-0.39, 0.29) is 46.2 Å². The van der Waals surface area contributed by atoms with Gasteiger partial charge < -0.3 is 14.3 Å². The molecule has 1 aromatic heterocycles. The summed E-state index contributed by atoms with van der Waals surface area (Å²) in [5, 5.41) is 10.5. The van der Waals surface area contributed by atoms with Crippen LogP contribution in [0.1, 0.15) is 43.9 Å². The molecular formula is C25H26F3NO4. The maximum Gasteiger partial charge on any atom is 0.450 e. The molecule has 4 rings (SSSR count). The number of phenols is 1. The van der Waals surface area contributed by atoms with Crippen LogP contribution < -0.4 is 10.2 Å². The largest absolute Gasteiger partial charge is 0.507 e. The Labute approximate surface area is 189 Å². The second-order valence-corrected chi connectivity index (χ2v) is 8.30. The summed E-state index contributed by atoms with van der Waals surface area (Å²) in [6, 6.07) is 8.94. The molecule has 0 spiro atoms. The van der Waals surface area contributed by atoms with E-state index in [4.69, 9.17) is 9.15 Å². The van der Waals surface area contributed by atoms with Crippen LogP contribution in [0.15, 0.2) is 45.6 Å². The highest BCUT2D eigenvalue weighted by atomic mass is 19.4. The lowest BCUT2D eigenvalue weighted by Crippen LogP contribution is -2.38. The Kier molecular flexibility index (Phi) is 6.38. The molecule has 0 saturated carbocycles. The Balaban J connectivity index is 1.97. The quantitative estimate of drug-likeness (QED) is 0.508. The zero-order valence-electron chi connectivity index (χ0n) is 18.5. The van der Waals surface area contributed by atoms with E-state index in [1.807, 2.05) is 0 Å². The number of hydrogen-bond acceptors (Lipinski definition) is 5. The van der Waals surface area contributed by atoms with Gasteiger partial charge in [-0.3, -0.25) is 9.69 Å². The van der Waals surface area contributed by atoms with Crippen molar-refractivity contribution in [1.29, 1.82) is 0 Å². The molecule has 1 aliphatic rings. The normalized spacial score (nSPS) is 17.4. The van der Waals surface area contributed by atoms with Crippen molar-refractivity contribution in [2.75, 3.05) is 13.7 Å². The molecule has 2 aromatic carbocycles. The van der Waals surface area contributed by atoms with Gasteiger partial charge in [0.15, 0.2) is 0 Å². The maximum absolute atomic E-state index is 14.1. The average molecular weight is 461 g/mol. The molecule has 0 amide bonds. The summed E-state index contributed by atoms with van der Waals surface area (Å²) in [7, 11) is 1.33. The van der Waals surface area contributed by atoms with Crippen molar-refractivity contribution in [1.82, 2.24) is 4.90 Å². The summed E-state index contributed by atoms with van der Waals surface area (Å²) in [5.41, 5.74) is -1.46. The van der Waals surface area contributed by atoms with Gasteiger partial charge in [-0.05, 0) is 44.0 Å². The van der Waals surface area contributed by atoms with Crippen LogP contribution in [0, 0.1) is 0 Å². The minimum absolute atomic E-state index is 0.000299. The number of hydrogen-bond donors (Lipinski definition) is 1. The predicted molar refractivity (Wildman–Crippen MR) is 119 cm³/mol. The molecule has 1 fully saturated rings. The van der Waals surface area contributed by atoms with Crippen molar-refractivity contribution in [3.05, 3.63) is 57.9 Å². The topological polar surface area (TPSA) is 62.9 Å². The van der Waals surface area contributed by atoms with Gasteiger partial charge in [0.1, 0.15) is 17.1 Å². The van der Waals surface area contributed by atoms with Crippen molar-refractivity contribution in [2.24, 2.45) is 0 Å². The van der Waals surface area contributed by atoms with E-state index in [0.29, 0.717) is 0 Å². The third-order valence-electron chi connectivity index (χ3n) is 6.35. The number of likely N-dealkylation sites (tertiary alicyclic amines) is 1. The summed E-state index contributed by atoms with van der Waals surface area (Å²) < 4.78 is 53.1. The number of benzene rings is 2. The number of para-hydroxylation sites is 1. The van der Waals surface area contributed by atoms with Crippen molar-refractivity contribution in [2.45, 2.75) is 51.4 Å². The lowest BCUT2D eigenvalue weighted by Gasteiger charge is -2.35. The van der Waals surface area contributed by atoms with E-state index in [1.54, 1.807) is 6.07 Å². The molecule has 0 bridgehead atoms. The van der Waals surface area contributed by atoms with Gasteiger partial charge in [-0.1, -0.05) is 31.5 Å². The van der Waals surface area contributed by atoms with Crippen molar-refractivity contribution >= 4 is 11.0 Å². The number of ether oxygens (including phenoxy) is 1. The van der Waals surface area contributed by atoms with E-state index >= 15 is 0 Å². The average Bonchev–Trinajstić information content (AvgIpc) is 2.80. The molecule has 176 valence electrons. The van der Waals surface area contributed by atoms with E-state index in [0.717, 1.165) is 32.2 Å². The number of rotatable bonds is 5. The molecular weight excluding hydrogens is 435 g/mol. The first-order valence-electron chi connectivity index (χ1n) is 11.0. The first-order valence-corrected chi connectivity index (χ1v) is 11.0. The summed E-state index contributed by atoms with van der Waals surface area (Å²) in [6.07, 6.45) is -0.994. The van der Waals surface area contributed by atoms with E-state index in [9.17, 15) is 23.1 Å². The first kappa shape index (κ1) is 23.2. The molecule has 5 nitrogen and oxygen atoms in total. The highest BCUT2D eigenvalue weighted by Crippen LogP contribution is 2.41. The fraction of sp³-hybridized carbons (Fsp3) is 0.400. The predicted octanol–water partition coefficient (Wildman–Crippen LogP) is 5.96. The molecule has 3 aromatic rings. The molecule has 1 atom stereocenters. The van der Waals surface area contributed by atoms with Gasteiger partial charge in [-0.15, -0.1) is 0 Å². The van der Waals surface area contributed by atoms with Crippen LogP contribution in [0.3, 0.4) is 0 Å². The van der Waals surface area contributed by atoms with Crippen molar-refractivity contribution in [3.63, 3.8) is 0 Å². The van der Waals surface area contributed by atoms with Gasteiger partial charge >= 0.3 is 6.18 Å². The van der Waals surface area contributed by atoms with E-state index < -0.39 is 22.9 Å². The number of aromatic hydroxyl groups is 1. The monoisotopic (exact) mass is 461 g/mol. The van der Waals surface area contributed by atoms with Crippen LogP contribution in [-0.2, 0) is 12.7 Å². The number of halogens is 3. The number of fused-ring (bicyclic) bond motifs is 1. The smallest absolute Gasteiger partial charge is 0.450 e. The molecule has 1 saturated heterocycles. The summed E-state index contributed by atoms with van der Waals surface area (Å²) in [4.78, 5) is 15.6. The van der Waals surface area contributed by atoms with Crippen LogP contribution in [0.4, 0.5) is 13.2 Å². The Morgan fingerprint density at radius 2 is 1.94 bits per heavy atom. The Morgan fingerprint density at radius 1 is 1.18 bits per heavy atom.